The fraction of sp³-hybridized carbons (Fsp3) is 0.286. The lowest BCUT2D eigenvalue weighted by Gasteiger charge is -2.27. The zero-order valence-electron chi connectivity index (χ0n) is 16.3. The van der Waals surface area contributed by atoms with Gasteiger partial charge in [0.1, 0.15) is 12.4 Å². The van der Waals surface area contributed by atoms with E-state index in [2.05, 4.69) is 11.3 Å². The van der Waals surface area contributed by atoms with Crippen molar-refractivity contribution in [3.05, 3.63) is 65.7 Å². The van der Waals surface area contributed by atoms with Gasteiger partial charge in [-0.2, -0.15) is 0 Å². The van der Waals surface area contributed by atoms with Gasteiger partial charge in [0.15, 0.2) is 0 Å². The zero-order chi connectivity index (χ0) is 21.2. The Balaban J connectivity index is 1.89. The largest absolute Gasteiger partial charge is 0.490 e. The smallest absolute Gasteiger partial charge is 0.236 e. The molecule has 0 saturated heterocycles. The average molecular weight is 435 g/mol. The van der Waals surface area contributed by atoms with Crippen LogP contribution in [0.4, 0.5) is 11.4 Å². The summed E-state index contributed by atoms with van der Waals surface area (Å²) in [6, 6.07) is 11.5. The first-order valence-electron chi connectivity index (χ1n) is 9.06. The molecule has 0 radical (unpaired) electrons. The molecule has 8 heteroatoms. The van der Waals surface area contributed by atoms with Crippen LogP contribution in [0.25, 0.3) is 0 Å². The SMILES string of the molecule is C=CCN1C(=O)C(C)(C)COc2ccc(NS(=O)(=O)Cc3ccc(Cl)cc3)cc21. The van der Waals surface area contributed by atoms with Crippen LogP contribution in [-0.4, -0.2) is 27.5 Å². The number of benzene rings is 2. The molecule has 1 N–H and O–H groups in total. The molecule has 3 rings (SSSR count). The second kappa shape index (κ2) is 8.08. The Kier molecular flexibility index (Phi) is 5.91. The summed E-state index contributed by atoms with van der Waals surface area (Å²) in [5.74, 6) is 0.212. The van der Waals surface area contributed by atoms with Crippen LogP contribution >= 0.6 is 11.6 Å². The molecule has 0 bridgehead atoms. The quantitative estimate of drug-likeness (QED) is 0.690. The number of carbonyl (C=O) groups is 1. The third-order valence-corrected chi connectivity index (χ3v) is 6.03. The molecule has 29 heavy (non-hydrogen) atoms. The topological polar surface area (TPSA) is 75.7 Å². The third-order valence-electron chi connectivity index (χ3n) is 4.52. The van der Waals surface area contributed by atoms with Gasteiger partial charge >= 0.3 is 0 Å². The highest BCUT2D eigenvalue weighted by molar-refractivity contribution is 7.91. The number of hydrogen-bond acceptors (Lipinski definition) is 4. The van der Waals surface area contributed by atoms with Gasteiger partial charge in [0, 0.05) is 11.6 Å². The van der Waals surface area contributed by atoms with Crippen LogP contribution in [0.1, 0.15) is 19.4 Å². The van der Waals surface area contributed by atoms with Crippen LogP contribution in [0.5, 0.6) is 5.75 Å². The number of rotatable bonds is 6. The number of halogens is 1. The highest BCUT2D eigenvalue weighted by Gasteiger charge is 2.37. The number of nitrogens with one attached hydrogen (secondary N) is 1. The Hall–Kier alpha value is -2.51. The monoisotopic (exact) mass is 434 g/mol. The second-order valence-electron chi connectivity index (χ2n) is 7.55. The minimum Gasteiger partial charge on any atom is -0.490 e. The van der Waals surface area contributed by atoms with E-state index < -0.39 is 15.4 Å². The lowest BCUT2D eigenvalue weighted by molar-refractivity contribution is -0.127. The van der Waals surface area contributed by atoms with E-state index in [-0.39, 0.29) is 18.3 Å². The first-order chi connectivity index (χ1) is 13.6. The number of fused-ring (bicyclic) bond motifs is 1. The molecule has 2 aromatic carbocycles. The minimum absolute atomic E-state index is 0.114. The summed E-state index contributed by atoms with van der Waals surface area (Å²) in [4.78, 5) is 14.5. The maximum atomic E-state index is 12.9. The summed E-state index contributed by atoms with van der Waals surface area (Å²) in [6.45, 7) is 7.87. The van der Waals surface area contributed by atoms with Crippen LogP contribution in [0, 0.1) is 5.41 Å². The minimum atomic E-state index is -3.66. The predicted octanol–water partition coefficient (Wildman–Crippen LogP) is 4.22. The van der Waals surface area contributed by atoms with Crippen molar-refractivity contribution >= 4 is 38.9 Å². The van der Waals surface area contributed by atoms with Gasteiger partial charge in [0.05, 0.1) is 22.5 Å². The Morgan fingerprint density at radius 1 is 1.24 bits per heavy atom. The Morgan fingerprint density at radius 2 is 1.93 bits per heavy atom. The Labute approximate surface area is 176 Å². The zero-order valence-corrected chi connectivity index (χ0v) is 17.9. The summed E-state index contributed by atoms with van der Waals surface area (Å²) < 4.78 is 33.6. The summed E-state index contributed by atoms with van der Waals surface area (Å²) in [5, 5.41) is 0.541. The maximum absolute atomic E-state index is 12.9. The lowest BCUT2D eigenvalue weighted by Crippen LogP contribution is -2.42. The van der Waals surface area contributed by atoms with E-state index in [1.54, 1.807) is 53.4 Å². The molecular weight excluding hydrogens is 412 g/mol. The third kappa shape index (κ3) is 4.92. The predicted molar refractivity (Wildman–Crippen MR) is 116 cm³/mol. The normalized spacial score (nSPS) is 15.8. The van der Waals surface area contributed by atoms with Crippen molar-refractivity contribution in [2.24, 2.45) is 5.41 Å². The molecule has 0 saturated carbocycles. The van der Waals surface area contributed by atoms with Crippen molar-refractivity contribution in [1.82, 2.24) is 0 Å². The molecule has 1 amide bonds. The van der Waals surface area contributed by atoms with Crippen molar-refractivity contribution in [1.29, 1.82) is 0 Å². The van der Waals surface area contributed by atoms with E-state index in [1.165, 1.54) is 0 Å². The maximum Gasteiger partial charge on any atom is 0.236 e. The number of nitrogens with zero attached hydrogens (tertiary/aromatic N) is 1. The van der Waals surface area contributed by atoms with Gasteiger partial charge in [0.2, 0.25) is 15.9 Å². The fourth-order valence-electron chi connectivity index (χ4n) is 3.03. The van der Waals surface area contributed by atoms with Gasteiger partial charge < -0.3 is 9.64 Å². The highest BCUT2D eigenvalue weighted by Crippen LogP contribution is 2.38. The number of carbonyl (C=O) groups excluding carboxylic acids is 1. The van der Waals surface area contributed by atoms with Gasteiger partial charge in [-0.3, -0.25) is 9.52 Å². The van der Waals surface area contributed by atoms with E-state index >= 15 is 0 Å². The van der Waals surface area contributed by atoms with E-state index in [0.717, 1.165) is 0 Å². The average Bonchev–Trinajstić information content (AvgIpc) is 2.74. The summed E-state index contributed by atoms with van der Waals surface area (Å²) in [7, 11) is -3.66. The van der Waals surface area contributed by atoms with Crippen LogP contribution in [-0.2, 0) is 20.6 Å². The van der Waals surface area contributed by atoms with Gasteiger partial charge in [-0.1, -0.05) is 29.8 Å². The Bertz CT molecular complexity index is 1030. The summed E-state index contributed by atoms with van der Waals surface area (Å²) in [5.41, 5.74) is 0.760. The van der Waals surface area contributed by atoms with E-state index in [4.69, 9.17) is 16.3 Å². The van der Waals surface area contributed by atoms with Gasteiger partial charge in [0.25, 0.3) is 0 Å². The standard InChI is InChI=1S/C21H23ClN2O4S/c1-4-11-24-18-12-17(9-10-19(18)28-14-21(2,3)20(24)25)23-29(26,27)13-15-5-7-16(22)8-6-15/h4-10,12,23H,1,11,13-14H2,2-3H3. The van der Waals surface area contributed by atoms with Crippen LogP contribution in [0.15, 0.2) is 55.1 Å². The molecule has 0 aromatic heterocycles. The van der Waals surface area contributed by atoms with Crippen molar-refractivity contribution in [2.45, 2.75) is 19.6 Å². The van der Waals surface area contributed by atoms with E-state index in [1.807, 2.05) is 13.8 Å². The first kappa shape index (κ1) is 21.2. The molecule has 0 fully saturated rings. The molecule has 6 nitrogen and oxygen atoms in total. The molecule has 2 aromatic rings. The van der Waals surface area contributed by atoms with Crippen LogP contribution in [0.2, 0.25) is 5.02 Å². The van der Waals surface area contributed by atoms with Crippen molar-refractivity contribution < 1.29 is 17.9 Å². The van der Waals surface area contributed by atoms with Gasteiger partial charge in [-0.15, -0.1) is 6.58 Å². The molecule has 0 atom stereocenters. The van der Waals surface area contributed by atoms with Crippen molar-refractivity contribution in [3.8, 4) is 5.75 Å². The van der Waals surface area contributed by atoms with E-state index in [9.17, 15) is 13.2 Å². The highest BCUT2D eigenvalue weighted by atomic mass is 35.5. The molecule has 1 heterocycles. The van der Waals surface area contributed by atoms with Crippen molar-refractivity contribution in [2.75, 3.05) is 22.8 Å². The molecule has 154 valence electrons. The Morgan fingerprint density at radius 3 is 2.59 bits per heavy atom. The molecular formula is C21H23ClN2O4S. The number of sulfonamides is 1. The summed E-state index contributed by atoms with van der Waals surface area (Å²) in [6.07, 6.45) is 1.63. The fourth-order valence-corrected chi connectivity index (χ4v) is 4.35. The molecule has 1 aliphatic heterocycles. The van der Waals surface area contributed by atoms with Crippen LogP contribution < -0.4 is 14.4 Å². The number of hydrogen-bond donors (Lipinski definition) is 1. The van der Waals surface area contributed by atoms with Gasteiger partial charge in [-0.25, -0.2) is 8.42 Å². The van der Waals surface area contributed by atoms with Crippen molar-refractivity contribution in [3.63, 3.8) is 0 Å². The lowest BCUT2D eigenvalue weighted by atomic mass is 9.93. The molecule has 1 aliphatic rings. The molecule has 0 unspecified atom stereocenters. The first-order valence-corrected chi connectivity index (χ1v) is 11.1. The van der Waals surface area contributed by atoms with Gasteiger partial charge in [-0.05, 0) is 49.7 Å². The number of anilines is 2. The number of ether oxygens (including phenoxy) is 1. The molecule has 0 spiro atoms. The second-order valence-corrected chi connectivity index (χ2v) is 9.71. The van der Waals surface area contributed by atoms with Crippen LogP contribution in [0.3, 0.4) is 0 Å². The van der Waals surface area contributed by atoms with E-state index in [0.29, 0.717) is 34.3 Å². The summed E-state index contributed by atoms with van der Waals surface area (Å²) >= 11 is 5.85. The number of amides is 1. The molecule has 0 aliphatic carbocycles.